The van der Waals surface area contributed by atoms with Crippen LogP contribution in [0.3, 0.4) is 0 Å². The van der Waals surface area contributed by atoms with Crippen LogP contribution in [0.15, 0.2) is 42.7 Å². The first-order chi connectivity index (χ1) is 8.93. The van der Waals surface area contributed by atoms with Crippen molar-refractivity contribution in [1.82, 2.24) is 25.6 Å². The van der Waals surface area contributed by atoms with Gasteiger partial charge < -0.3 is 5.32 Å². The summed E-state index contributed by atoms with van der Waals surface area (Å²) in [6, 6.07) is 9.97. The summed E-state index contributed by atoms with van der Waals surface area (Å²) in [7, 11) is 0. The molecule has 0 radical (unpaired) electrons. The lowest BCUT2D eigenvalue weighted by Gasteiger charge is -2.02. The van der Waals surface area contributed by atoms with Gasteiger partial charge in [0, 0.05) is 11.8 Å². The van der Waals surface area contributed by atoms with Crippen molar-refractivity contribution >= 4 is 5.69 Å². The molecule has 3 aromatic rings. The number of nitrogens with one attached hydrogen (secondary N) is 3. The molecule has 0 fully saturated rings. The molecule has 18 heavy (non-hydrogen) atoms. The molecule has 1 aromatic carbocycles. The molecule has 0 aliphatic carbocycles. The lowest BCUT2D eigenvalue weighted by atomic mass is 10.1. The van der Waals surface area contributed by atoms with E-state index >= 15 is 0 Å². The number of benzene rings is 1. The second-order valence-electron chi connectivity index (χ2n) is 3.83. The predicted octanol–water partition coefficient (Wildman–Crippen LogP) is 1.81. The van der Waals surface area contributed by atoms with Crippen LogP contribution < -0.4 is 5.32 Å². The summed E-state index contributed by atoms with van der Waals surface area (Å²) in [5.41, 5.74) is 3.72. The lowest BCUT2D eigenvalue weighted by Crippen LogP contribution is -2.00. The Kier molecular flexibility index (Phi) is 2.75. The maximum atomic E-state index is 4.19. The zero-order chi connectivity index (χ0) is 12.2. The van der Waals surface area contributed by atoms with Gasteiger partial charge in [-0.1, -0.05) is 30.3 Å². The average Bonchev–Trinajstić information content (AvgIpc) is 3.09. The van der Waals surface area contributed by atoms with Gasteiger partial charge >= 0.3 is 0 Å². The van der Waals surface area contributed by atoms with Gasteiger partial charge in [0.15, 0.2) is 0 Å². The smallest absolute Gasteiger partial charge is 0.117 e. The molecule has 2 aromatic heterocycles. The Bertz CT molecular complexity index is 599. The number of nitrogens with zero attached hydrogens (tertiary/aromatic N) is 3. The number of rotatable bonds is 4. The molecule has 0 aliphatic heterocycles. The summed E-state index contributed by atoms with van der Waals surface area (Å²) >= 11 is 0. The minimum absolute atomic E-state index is 0.597. The molecule has 0 amide bonds. The second-order valence-corrected chi connectivity index (χ2v) is 3.83. The predicted molar refractivity (Wildman–Crippen MR) is 67.7 cm³/mol. The molecule has 2 heterocycles. The minimum Gasteiger partial charge on any atom is -0.377 e. The summed E-state index contributed by atoms with van der Waals surface area (Å²) in [4.78, 5) is 0. The Morgan fingerprint density at radius 1 is 1.11 bits per heavy atom. The van der Waals surface area contributed by atoms with E-state index in [9.17, 15) is 0 Å². The molecule has 0 saturated heterocycles. The van der Waals surface area contributed by atoms with Crippen LogP contribution >= 0.6 is 0 Å². The fourth-order valence-electron chi connectivity index (χ4n) is 1.74. The molecule has 0 aliphatic rings. The van der Waals surface area contributed by atoms with E-state index in [-0.39, 0.29) is 0 Å². The van der Waals surface area contributed by atoms with Crippen molar-refractivity contribution in [2.75, 3.05) is 5.32 Å². The van der Waals surface area contributed by atoms with Gasteiger partial charge in [-0.05, 0) is 0 Å². The van der Waals surface area contributed by atoms with E-state index in [2.05, 4.69) is 30.9 Å². The van der Waals surface area contributed by atoms with Crippen LogP contribution in [-0.2, 0) is 6.54 Å². The first-order valence-electron chi connectivity index (χ1n) is 5.61. The minimum atomic E-state index is 0.597. The summed E-state index contributed by atoms with van der Waals surface area (Å²) in [5.74, 6) is 0. The standard InChI is InChI=1S/C12H12N6/c1-2-4-9(5-3-1)12-11(16-18-17-12)8-13-10-6-14-15-7-10/h1-7,13H,8H2,(H,14,15)(H,16,17,18). The molecule has 6 heteroatoms. The highest BCUT2D eigenvalue weighted by molar-refractivity contribution is 5.61. The maximum Gasteiger partial charge on any atom is 0.117 e. The van der Waals surface area contributed by atoms with Crippen LogP contribution in [0.2, 0.25) is 0 Å². The Morgan fingerprint density at radius 2 is 2.00 bits per heavy atom. The second kappa shape index (κ2) is 4.70. The van der Waals surface area contributed by atoms with Crippen molar-refractivity contribution in [3.63, 3.8) is 0 Å². The fraction of sp³-hybridized carbons (Fsp3) is 0.0833. The first kappa shape index (κ1) is 10.5. The molecule has 90 valence electrons. The molecule has 0 atom stereocenters. The Balaban J connectivity index is 1.80. The lowest BCUT2D eigenvalue weighted by molar-refractivity contribution is 0.911. The van der Waals surface area contributed by atoms with E-state index in [0.29, 0.717) is 6.54 Å². The normalized spacial score (nSPS) is 10.4. The highest BCUT2D eigenvalue weighted by Crippen LogP contribution is 2.19. The number of H-pyrrole nitrogens is 2. The quantitative estimate of drug-likeness (QED) is 0.649. The van der Waals surface area contributed by atoms with Crippen LogP contribution in [0.25, 0.3) is 11.3 Å². The van der Waals surface area contributed by atoms with Gasteiger partial charge in [-0.25, -0.2) is 0 Å². The number of aromatic amines is 2. The van der Waals surface area contributed by atoms with Gasteiger partial charge in [0.25, 0.3) is 0 Å². The van der Waals surface area contributed by atoms with Crippen LogP contribution in [0.4, 0.5) is 5.69 Å². The Hall–Kier alpha value is -2.63. The van der Waals surface area contributed by atoms with Gasteiger partial charge in [-0.15, -0.1) is 0 Å². The van der Waals surface area contributed by atoms with Gasteiger partial charge in [0.2, 0.25) is 0 Å². The average molecular weight is 240 g/mol. The van der Waals surface area contributed by atoms with Crippen molar-refractivity contribution in [2.24, 2.45) is 0 Å². The van der Waals surface area contributed by atoms with Gasteiger partial charge in [0.05, 0.1) is 18.4 Å². The molecule has 6 nitrogen and oxygen atoms in total. The summed E-state index contributed by atoms with van der Waals surface area (Å²) in [6.07, 6.45) is 3.52. The molecule has 0 bridgehead atoms. The number of aromatic nitrogens is 5. The fourth-order valence-corrected chi connectivity index (χ4v) is 1.74. The number of hydrogen-bond acceptors (Lipinski definition) is 4. The monoisotopic (exact) mass is 240 g/mol. The Labute approximate surface area is 103 Å². The molecule has 0 unspecified atom stereocenters. The van der Waals surface area contributed by atoms with E-state index < -0.39 is 0 Å². The third kappa shape index (κ3) is 2.08. The van der Waals surface area contributed by atoms with E-state index in [4.69, 9.17) is 0 Å². The topological polar surface area (TPSA) is 82.3 Å². The van der Waals surface area contributed by atoms with Crippen molar-refractivity contribution in [1.29, 1.82) is 0 Å². The zero-order valence-electron chi connectivity index (χ0n) is 9.59. The molecular weight excluding hydrogens is 228 g/mol. The number of anilines is 1. The van der Waals surface area contributed by atoms with Gasteiger partial charge in [-0.2, -0.15) is 20.5 Å². The Morgan fingerprint density at radius 3 is 2.78 bits per heavy atom. The third-order valence-corrected chi connectivity index (χ3v) is 2.63. The van der Waals surface area contributed by atoms with Crippen LogP contribution in [-0.4, -0.2) is 25.6 Å². The summed E-state index contributed by atoms with van der Waals surface area (Å²) < 4.78 is 0. The molecule has 0 spiro atoms. The van der Waals surface area contributed by atoms with E-state index in [1.807, 2.05) is 30.3 Å². The highest BCUT2D eigenvalue weighted by atomic mass is 15.3. The molecule has 3 rings (SSSR count). The number of hydrogen-bond donors (Lipinski definition) is 3. The van der Waals surface area contributed by atoms with Gasteiger partial charge in [0.1, 0.15) is 11.4 Å². The maximum absolute atomic E-state index is 4.19. The van der Waals surface area contributed by atoms with E-state index in [0.717, 1.165) is 22.6 Å². The SMILES string of the molecule is c1ccc(-c2n[nH]nc2CNc2cn[nH]c2)cc1. The van der Waals surface area contributed by atoms with E-state index in [1.165, 1.54) is 0 Å². The summed E-state index contributed by atoms with van der Waals surface area (Å²) in [5, 5.41) is 20.9. The molecule has 0 saturated carbocycles. The first-order valence-corrected chi connectivity index (χ1v) is 5.61. The zero-order valence-corrected chi connectivity index (χ0v) is 9.59. The van der Waals surface area contributed by atoms with E-state index in [1.54, 1.807) is 12.4 Å². The van der Waals surface area contributed by atoms with Gasteiger partial charge in [-0.3, -0.25) is 5.10 Å². The van der Waals surface area contributed by atoms with Crippen molar-refractivity contribution in [3.8, 4) is 11.3 Å². The van der Waals surface area contributed by atoms with Crippen molar-refractivity contribution in [3.05, 3.63) is 48.4 Å². The van der Waals surface area contributed by atoms with Crippen LogP contribution in [0.1, 0.15) is 5.69 Å². The highest BCUT2D eigenvalue weighted by Gasteiger charge is 2.09. The molecular formula is C12H12N6. The van der Waals surface area contributed by atoms with Crippen molar-refractivity contribution in [2.45, 2.75) is 6.54 Å². The van der Waals surface area contributed by atoms with Crippen molar-refractivity contribution < 1.29 is 0 Å². The molecule has 3 N–H and O–H groups in total. The van der Waals surface area contributed by atoms with Crippen LogP contribution in [0, 0.1) is 0 Å². The van der Waals surface area contributed by atoms with Crippen LogP contribution in [0.5, 0.6) is 0 Å². The summed E-state index contributed by atoms with van der Waals surface area (Å²) in [6.45, 7) is 0.597. The largest absolute Gasteiger partial charge is 0.377 e. The third-order valence-electron chi connectivity index (χ3n) is 2.63.